The quantitative estimate of drug-likeness (QED) is 0.847. The van der Waals surface area contributed by atoms with Crippen molar-refractivity contribution in [3.05, 3.63) is 47.8 Å². The van der Waals surface area contributed by atoms with Gasteiger partial charge < -0.3 is 15.4 Å². The van der Waals surface area contributed by atoms with Crippen molar-refractivity contribution in [2.75, 3.05) is 18.4 Å². The molecule has 0 spiro atoms. The highest BCUT2D eigenvalue weighted by atomic mass is 16.5. The average molecular weight is 342 g/mol. The van der Waals surface area contributed by atoms with E-state index in [1.54, 1.807) is 6.07 Å². The summed E-state index contributed by atoms with van der Waals surface area (Å²) in [6, 6.07) is 9.81. The fourth-order valence-corrected chi connectivity index (χ4v) is 2.92. The van der Waals surface area contributed by atoms with Gasteiger partial charge in [0.05, 0.1) is 18.8 Å². The van der Waals surface area contributed by atoms with Gasteiger partial charge >= 0.3 is 0 Å². The molecule has 0 aliphatic carbocycles. The van der Waals surface area contributed by atoms with Crippen LogP contribution in [0, 0.1) is 0 Å². The molecular formula is C19H26N4O2. The topological polar surface area (TPSA) is 68.2 Å². The highest BCUT2D eigenvalue weighted by Crippen LogP contribution is 2.17. The molecule has 3 rings (SSSR count). The molecule has 1 aromatic carbocycles. The van der Waals surface area contributed by atoms with Crippen LogP contribution in [0.25, 0.3) is 0 Å². The zero-order chi connectivity index (χ0) is 17.6. The molecule has 1 aliphatic heterocycles. The number of anilines is 1. The SMILES string of the molecule is CC(C)OCc1cccc(NC(=O)c2ccn(C3CCCNC3)n2)c1. The average Bonchev–Trinajstić information content (AvgIpc) is 3.11. The summed E-state index contributed by atoms with van der Waals surface area (Å²) < 4.78 is 7.51. The molecule has 0 saturated carbocycles. The summed E-state index contributed by atoms with van der Waals surface area (Å²) in [4.78, 5) is 12.5. The molecule has 1 aromatic heterocycles. The number of nitrogens with one attached hydrogen (secondary N) is 2. The second-order valence-electron chi connectivity index (χ2n) is 6.70. The molecule has 6 heteroatoms. The number of hydrogen-bond donors (Lipinski definition) is 2. The summed E-state index contributed by atoms with van der Waals surface area (Å²) in [5.74, 6) is -0.190. The largest absolute Gasteiger partial charge is 0.374 e. The highest BCUT2D eigenvalue weighted by Gasteiger charge is 2.17. The number of piperidine rings is 1. The number of carbonyl (C=O) groups excluding carboxylic acids is 1. The first-order chi connectivity index (χ1) is 12.1. The van der Waals surface area contributed by atoms with Gasteiger partial charge in [-0.1, -0.05) is 12.1 Å². The standard InChI is InChI=1S/C19H26N4O2/c1-14(2)25-13-15-5-3-6-16(11-15)21-19(24)18-8-10-23(22-18)17-7-4-9-20-12-17/h3,5-6,8,10-11,14,17,20H,4,7,9,12-13H2,1-2H3,(H,21,24). The van der Waals surface area contributed by atoms with Gasteiger partial charge in [0, 0.05) is 18.4 Å². The van der Waals surface area contributed by atoms with Gasteiger partial charge in [-0.2, -0.15) is 5.10 Å². The summed E-state index contributed by atoms with van der Waals surface area (Å²) in [7, 11) is 0. The fraction of sp³-hybridized carbons (Fsp3) is 0.474. The van der Waals surface area contributed by atoms with Gasteiger partial charge in [-0.3, -0.25) is 9.48 Å². The summed E-state index contributed by atoms with van der Waals surface area (Å²) in [5.41, 5.74) is 2.23. The van der Waals surface area contributed by atoms with Crippen LogP contribution < -0.4 is 10.6 Å². The van der Waals surface area contributed by atoms with E-state index in [4.69, 9.17) is 4.74 Å². The molecule has 1 amide bonds. The van der Waals surface area contributed by atoms with E-state index >= 15 is 0 Å². The Kier molecular flexibility index (Phi) is 5.83. The minimum atomic E-state index is -0.190. The number of rotatable bonds is 6. The Labute approximate surface area is 148 Å². The number of carbonyl (C=O) groups is 1. The first kappa shape index (κ1) is 17.6. The van der Waals surface area contributed by atoms with Crippen LogP contribution in [0.3, 0.4) is 0 Å². The van der Waals surface area contributed by atoms with E-state index in [1.165, 1.54) is 0 Å². The molecule has 134 valence electrons. The Morgan fingerprint density at radius 3 is 3.08 bits per heavy atom. The van der Waals surface area contributed by atoms with Crippen molar-refractivity contribution in [2.45, 2.75) is 45.4 Å². The monoisotopic (exact) mass is 342 g/mol. The van der Waals surface area contributed by atoms with Crippen molar-refractivity contribution in [3.63, 3.8) is 0 Å². The smallest absolute Gasteiger partial charge is 0.276 e. The molecule has 1 unspecified atom stereocenters. The van der Waals surface area contributed by atoms with Crippen LogP contribution >= 0.6 is 0 Å². The van der Waals surface area contributed by atoms with E-state index in [-0.39, 0.29) is 12.0 Å². The van der Waals surface area contributed by atoms with Crippen molar-refractivity contribution < 1.29 is 9.53 Å². The molecular weight excluding hydrogens is 316 g/mol. The molecule has 0 bridgehead atoms. The highest BCUT2D eigenvalue weighted by molar-refractivity contribution is 6.02. The van der Waals surface area contributed by atoms with Crippen LogP contribution in [0.1, 0.15) is 48.8 Å². The summed E-state index contributed by atoms with van der Waals surface area (Å²) >= 11 is 0. The lowest BCUT2D eigenvalue weighted by molar-refractivity contribution is 0.0657. The Hall–Kier alpha value is -2.18. The molecule has 2 N–H and O–H groups in total. The van der Waals surface area contributed by atoms with Crippen LogP contribution in [0.2, 0.25) is 0 Å². The minimum absolute atomic E-state index is 0.177. The van der Waals surface area contributed by atoms with E-state index in [0.717, 1.165) is 37.2 Å². The third kappa shape index (κ3) is 4.90. The molecule has 6 nitrogen and oxygen atoms in total. The zero-order valence-corrected chi connectivity index (χ0v) is 14.9. The first-order valence-corrected chi connectivity index (χ1v) is 8.89. The minimum Gasteiger partial charge on any atom is -0.374 e. The Bertz CT molecular complexity index is 705. The lowest BCUT2D eigenvalue weighted by atomic mass is 10.1. The molecule has 1 aliphatic rings. The summed E-state index contributed by atoms with van der Waals surface area (Å²) in [6.45, 7) is 6.50. The second kappa shape index (κ2) is 8.27. The predicted molar refractivity (Wildman–Crippen MR) is 97.7 cm³/mol. The first-order valence-electron chi connectivity index (χ1n) is 8.89. The maximum Gasteiger partial charge on any atom is 0.276 e. The predicted octanol–water partition coefficient (Wildman–Crippen LogP) is 2.98. The third-order valence-corrected chi connectivity index (χ3v) is 4.25. The van der Waals surface area contributed by atoms with Gasteiger partial charge in [0.1, 0.15) is 0 Å². The van der Waals surface area contributed by atoms with Crippen molar-refractivity contribution in [1.82, 2.24) is 15.1 Å². The molecule has 1 atom stereocenters. The number of aromatic nitrogens is 2. The normalized spacial score (nSPS) is 17.6. The second-order valence-corrected chi connectivity index (χ2v) is 6.70. The molecule has 1 fully saturated rings. The van der Waals surface area contributed by atoms with Gasteiger partial charge in [0.15, 0.2) is 5.69 Å². The maximum absolute atomic E-state index is 12.5. The molecule has 1 saturated heterocycles. The van der Waals surface area contributed by atoms with Crippen molar-refractivity contribution in [2.24, 2.45) is 0 Å². The van der Waals surface area contributed by atoms with Crippen LogP contribution in [0.4, 0.5) is 5.69 Å². The molecule has 2 aromatic rings. The zero-order valence-electron chi connectivity index (χ0n) is 14.9. The maximum atomic E-state index is 12.5. The van der Waals surface area contributed by atoms with Crippen LogP contribution in [0.15, 0.2) is 36.5 Å². The number of amides is 1. The van der Waals surface area contributed by atoms with Crippen molar-refractivity contribution in [1.29, 1.82) is 0 Å². The summed E-state index contributed by atoms with van der Waals surface area (Å²) in [5, 5.41) is 10.7. The van der Waals surface area contributed by atoms with Gasteiger partial charge in [-0.25, -0.2) is 0 Å². The number of hydrogen-bond acceptors (Lipinski definition) is 4. The Morgan fingerprint density at radius 1 is 1.44 bits per heavy atom. The van der Waals surface area contributed by atoms with E-state index in [9.17, 15) is 4.79 Å². The number of benzene rings is 1. The van der Waals surface area contributed by atoms with Crippen molar-refractivity contribution >= 4 is 11.6 Å². The van der Waals surface area contributed by atoms with E-state index in [1.807, 2.05) is 49.0 Å². The van der Waals surface area contributed by atoms with E-state index < -0.39 is 0 Å². The Balaban J connectivity index is 1.62. The van der Waals surface area contributed by atoms with Gasteiger partial charge in [0.2, 0.25) is 0 Å². The van der Waals surface area contributed by atoms with Crippen LogP contribution in [0.5, 0.6) is 0 Å². The van der Waals surface area contributed by atoms with Gasteiger partial charge in [-0.05, 0) is 57.0 Å². The number of nitrogens with zero attached hydrogens (tertiary/aromatic N) is 2. The summed E-state index contributed by atoms with van der Waals surface area (Å²) in [6.07, 6.45) is 4.29. The number of ether oxygens (including phenoxy) is 1. The Morgan fingerprint density at radius 2 is 2.32 bits per heavy atom. The van der Waals surface area contributed by atoms with E-state index in [2.05, 4.69) is 15.7 Å². The lowest BCUT2D eigenvalue weighted by Crippen LogP contribution is -2.32. The van der Waals surface area contributed by atoms with Crippen LogP contribution in [-0.2, 0) is 11.3 Å². The third-order valence-electron chi connectivity index (χ3n) is 4.25. The van der Waals surface area contributed by atoms with E-state index in [0.29, 0.717) is 18.3 Å². The lowest BCUT2D eigenvalue weighted by Gasteiger charge is -2.22. The van der Waals surface area contributed by atoms with Crippen molar-refractivity contribution in [3.8, 4) is 0 Å². The molecule has 2 heterocycles. The van der Waals surface area contributed by atoms with Gasteiger partial charge in [0.25, 0.3) is 5.91 Å². The van der Waals surface area contributed by atoms with Crippen LogP contribution in [-0.4, -0.2) is 34.9 Å². The fourth-order valence-electron chi connectivity index (χ4n) is 2.92. The molecule has 0 radical (unpaired) electrons. The van der Waals surface area contributed by atoms with Gasteiger partial charge in [-0.15, -0.1) is 0 Å². The molecule has 25 heavy (non-hydrogen) atoms.